The molecule has 0 radical (unpaired) electrons. The van der Waals surface area contributed by atoms with Gasteiger partial charge in [0.05, 0.1) is 6.54 Å². The number of hydrogen-bond donors (Lipinski definition) is 1. The Labute approximate surface area is 112 Å². The van der Waals surface area contributed by atoms with E-state index < -0.39 is 0 Å². The van der Waals surface area contributed by atoms with Gasteiger partial charge in [0.1, 0.15) is 0 Å². The van der Waals surface area contributed by atoms with E-state index in [4.69, 9.17) is 0 Å². The predicted molar refractivity (Wildman–Crippen MR) is 76.0 cm³/mol. The Morgan fingerprint density at radius 3 is 2.74 bits per heavy atom. The molecule has 0 fully saturated rings. The number of carbonyl (C=O) groups excluding carboxylic acids is 1. The van der Waals surface area contributed by atoms with Gasteiger partial charge in [0, 0.05) is 24.5 Å². The van der Waals surface area contributed by atoms with E-state index in [1.54, 1.807) is 4.90 Å². The summed E-state index contributed by atoms with van der Waals surface area (Å²) in [7, 11) is 0. The second-order valence-electron chi connectivity index (χ2n) is 4.65. The average molecular weight is 258 g/mol. The number of pyridine rings is 1. The van der Waals surface area contributed by atoms with Gasteiger partial charge in [0.15, 0.2) is 0 Å². The molecule has 0 aliphatic heterocycles. The Kier molecular flexibility index (Phi) is 4.00. The fourth-order valence-corrected chi connectivity index (χ4v) is 2.13. The average Bonchev–Trinajstić information content (AvgIpc) is 2.38. The van der Waals surface area contributed by atoms with Crippen molar-refractivity contribution in [2.24, 2.45) is 0 Å². The van der Waals surface area contributed by atoms with E-state index in [1.807, 2.05) is 37.3 Å². The molecule has 1 aromatic heterocycles. The van der Waals surface area contributed by atoms with Gasteiger partial charge in [-0.2, -0.15) is 0 Å². The van der Waals surface area contributed by atoms with Crippen LogP contribution >= 0.6 is 0 Å². The molecule has 0 saturated carbocycles. The van der Waals surface area contributed by atoms with E-state index >= 15 is 0 Å². The van der Waals surface area contributed by atoms with E-state index in [0.717, 1.165) is 17.3 Å². The van der Waals surface area contributed by atoms with Crippen LogP contribution in [0.3, 0.4) is 0 Å². The molecule has 0 bridgehead atoms. The maximum Gasteiger partial charge on any atom is 0.253 e. The molecule has 0 aliphatic rings. The molecule has 1 heterocycles. The Bertz CT molecular complexity index is 646. The van der Waals surface area contributed by atoms with Gasteiger partial charge in [0.2, 0.25) is 5.91 Å². The summed E-state index contributed by atoms with van der Waals surface area (Å²) in [5.41, 5.74) is 1.32. The molecule has 0 saturated heterocycles. The highest BCUT2D eigenvalue weighted by atomic mass is 16.2. The molecule has 0 aliphatic carbocycles. The van der Waals surface area contributed by atoms with Crippen molar-refractivity contribution < 1.29 is 4.79 Å². The molecule has 19 heavy (non-hydrogen) atoms. The Hall–Kier alpha value is -2.10. The molecule has 0 spiro atoms. The van der Waals surface area contributed by atoms with Crippen LogP contribution in [0.5, 0.6) is 0 Å². The number of aromatic amines is 1. The largest absolute Gasteiger partial charge is 0.338 e. The molecule has 2 aromatic rings. The first-order valence-corrected chi connectivity index (χ1v) is 6.48. The topological polar surface area (TPSA) is 53.2 Å². The molecule has 100 valence electrons. The maximum absolute atomic E-state index is 12.0. The summed E-state index contributed by atoms with van der Waals surface area (Å²) < 4.78 is 0. The smallest absolute Gasteiger partial charge is 0.253 e. The lowest BCUT2D eigenvalue weighted by atomic mass is 10.1. The van der Waals surface area contributed by atoms with Crippen LogP contribution < -0.4 is 5.56 Å². The number of carbonyl (C=O) groups is 1. The van der Waals surface area contributed by atoms with Crippen LogP contribution in [0.15, 0.2) is 35.1 Å². The third kappa shape index (κ3) is 3.02. The number of fused-ring (bicyclic) bond motifs is 1. The number of nitrogens with zero attached hydrogens (tertiary/aromatic N) is 1. The summed E-state index contributed by atoms with van der Waals surface area (Å²) in [6, 6.07) is 9.50. The normalized spacial score (nSPS) is 10.6. The summed E-state index contributed by atoms with van der Waals surface area (Å²) in [4.78, 5) is 28.1. The Morgan fingerprint density at radius 1 is 1.32 bits per heavy atom. The quantitative estimate of drug-likeness (QED) is 0.914. The van der Waals surface area contributed by atoms with E-state index in [9.17, 15) is 9.59 Å². The van der Waals surface area contributed by atoms with Crippen molar-refractivity contribution in [3.05, 3.63) is 46.2 Å². The first kappa shape index (κ1) is 13.3. The lowest BCUT2D eigenvalue weighted by Gasteiger charge is -2.20. The molecule has 0 unspecified atom stereocenters. The maximum atomic E-state index is 12.0. The molecule has 2 rings (SSSR count). The number of H-pyrrole nitrogens is 1. The number of amides is 1. The van der Waals surface area contributed by atoms with Crippen molar-refractivity contribution in [1.82, 2.24) is 9.88 Å². The number of para-hydroxylation sites is 1. The molecular formula is C15H18N2O2. The van der Waals surface area contributed by atoms with E-state index in [-0.39, 0.29) is 11.5 Å². The zero-order valence-electron chi connectivity index (χ0n) is 11.3. The van der Waals surface area contributed by atoms with Crippen molar-refractivity contribution >= 4 is 16.8 Å². The van der Waals surface area contributed by atoms with E-state index in [1.165, 1.54) is 6.92 Å². The minimum Gasteiger partial charge on any atom is -0.338 e. The van der Waals surface area contributed by atoms with E-state index in [0.29, 0.717) is 18.7 Å². The summed E-state index contributed by atoms with van der Waals surface area (Å²) in [6.07, 6.45) is 0.880. The monoisotopic (exact) mass is 258 g/mol. The molecular weight excluding hydrogens is 240 g/mol. The van der Waals surface area contributed by atoms with Gasteiger partial charge in [-0.1, -0.05) is 25.1 Å². The van der Waals surface area contributed by atoms with Crippen molar-refractivity contribution in [2.45, 2.75) is 26.8 Å². The highest BCUT2D eigenvalue weighted by Crippen LogP contribution is 2.11. The number of rotatable bonds is 4. The van der Waals surface area contributed by atoms with Gasteiger partial charge >= 0.3 is 0 Å². The SMILES string of the molecule is CCCN(Cc1cc2ccccc2[nH]c1=O)C(C)=O. The second kappa shape index (κ2) is 5.69. The lowest BCUT2D eigenvalue weighted by Crippen LogP contribution is -2.31. The van der Waals surface area contributed by atoms with Crippen LogP contribution in [0, 0.1) is 0 Å². The minimum absolute atomic E-state index is 0.00518. The fourth-order valence-electron chi connectivity index (χ4n) is 2.13. The number of hydrogen-bond acceptors (Lipinski definition) is 2. The van der Waals surface area contributed by atoms with Gasteiger partial charge in [-0.3, -0.25) is 9.59 Å². The lowest BCUT2D eigenvalue weighted by molar-refractivity contribution is -0.129. The van der Waals surface area contributed by atoms with Crippen LogP contribution in [0.4, 0.5) is 0 Å². The third-order valence-electron chi connectivity index (χ3n) is 3.13. The Balaban J connectivity index is 2.36. The molecule has 1 amide bonds. The standard InChI is InChI=1S/C15H18N2O2/c1-3-8-17(11(2)18)10-13-9-12-6-4-5-7-14(12)16-15(13)19/h4-7,9H,3,8,10H2,1-2H3,(H,16,19). The third-order valence-corrected chi connectivity index (χ3v) is 3.13. The van der Waals surface area contributed by atoms with Crippen molar-refractivity contribution in [3.63, 3.8) is 0 Å². The molecule has 0 atom stereocenters. The number of benzene rings is 1. The zero-order valence-corrected chi connectivity index (χ0v) is 11.3. The predicted octanol–water partition coefficient (Wildman–Crippen LogP) is 2.29. The number of nitrogens with one attached hydrogen (secondary N) is 1. The summed E-state index contributed by atoms with van der Waals surface area (Å²) in [6.45, 7) is 4.58. The Morgan fingerprint density at radius 2 is 2.05 bits per heavy atom. The molecule has 4 nitrogen and oxygen atoms in total. The first-order valence-electron chi connectivity index (χ1n) is 6.48. The highest BCUT2D eigenvalue weighted by Gasteiger charge is 2.11. The zero-order chi connectivity index (χ0) is 13.8. The fraction of sp³-hybridized carbons (Fsp3) is 0.333. The van der Waals surface area contributed by atoms with E-state index in [2.05, 4.69) is 4.98 Å². The highest BCUT2D eigenvalue weighted by molar-refractivity contribution is 5.79. The summed E-state index contributed by atoms with van der Waals surface area (Å²) in [5.74, 6) is -0.00518. The van der Waals surface area contributed by atoms with Gasteiger partial charge < -0.3 is 9.88 Å². The van der Waals surface area contributed by atoms with Crippen LogP contribution in [0.2, 0.25) is 0 Å². The summed E-state index contributed by atoms with van der Waals surface area (Å²) >= 11 is 0. The summed E-state index contributed by atoms with van der Waals surface area (Å²) in [5, 5.41) is 0.983. The van der Waals surface area contributed by atoms with Crippen molar-refractivity contribution in [2.75, 3.05) is 6.54 Å². The van der Waals surface area contributed by atoms with Crippen molar-refractivity contribution in [3.8, 4) is 0 Å². The van der Waals surface area contributed by atoms with Crippen LogP contribution in [-0.2, 0) is 11.3 Å². The van der Waals surface area contributed by atoms with Gasteiger partial charge in [-0.15, -0.1) is 0 Å². The second-order valence-corrected chi connectivity index (χ2v) is 4.65. The van der Waals surface area contributed by atoms with Gasteiger partial charge in [-0.05, 0) is 23.9 Å². The van der Waals surface area contributed by atoms with Gasteiger partial charge in [0.25, 0.3) is 5.56 Å². The van der Waals surface area contributed by atoms with Crippen LogP contribution in [0.1, 0.15) is 25.8 Å². The molecule has 4 heteroatoms. The molecule has 1 aromatic carbocycles. The van der Waals surface area contributed by atoms with Crippen LogP contribution in [0.25, 0.3) is 10.9 Å². The number of aromatic nitrogens is 1. The van der Waals surface area contributed by atoms with Gasteiger partial charge in [-0.25, -0.2) is 0 Å². The van der Waals surface area contributed by atoms with Crippen molar-refractivity contribution in [1.29, 1.82) is 0 Å². The minimum atomic E-state index is -0.124. The van der Waals surface area contributed by atoms with Crippen LogP contribution in [-0.4, -0.2) is 22.3 Å². The molecule has 1 N–H and O–H groups in total. The first-order chi connectivity index (χ1) is 9.11.